The molecule has 1 aliphatic heterocycles. The van der Waals surface area contributed by atoms with E-state index in [-0.39, 0.29) is 5.69 Å². The first-order valence-electron chi connectivity index (χ1n) is 6.51. The number of methoxy groups -OCH3 is 1. The number of rotatable bonds is 6. The standard InChI is InChI=1S/C13H17N3O5/c1-20-13-8-11(16(18)19)2-3-12(13)21-10-15-6-4-14(9-17)5-7-15/h2-3,8-9H,4-7,10H2,1H3. The van der Waals surface area contributed by atoms with Gasteiger partial charge in [-0.25, -0.2) is 0 Å². The van der Waals surface area contributed by atoms with Crippen LogP contribution in [0.5, 0.6) is 11.5 Å². The monoisotopic (exact) mass is 295 g/mol. The number of nitro benzene ring substituents is 1. The van der Waals surface area contributed by atoms with E-state index < -0.39 is 4.92 Å². The highest BCUT2D eigenvalue weighted by molar-refractivity contribution is 5.48. The number of carbonyl (C=O) groups excluding carboxylic acids is 1. The Morgan fingerprint density at radius 3 is 2.57 bits per heavy atom. The molecular formula is C13H17N3O5. The van der Waals surface area contributed by atoms with Crippen LogP contribution in [-0.4, -0.2) is 61.2 Å². The van der Waals surface area contributed by atoms with E-state index in [2.05, 4.69) is 4.90 Å². The first-order chi connectivity index (χ1) is 10.1. The number of nitrogens with zero attached hydrogens (tertiary/aromatic N) is 3. The van der Waals surface area contributed by atoms with E-state index in [1.807, 2.05) is 0 Å². The second-order valence-electron chi connectivity index (χ2n) is 4.63. The summed E-state index contributed by atoms with van der Waals surface area (Å²) in [7, 11) is 1.44. The molecule has 0 N–H and O–H groups in total. The summed E-state index contributed by atoms with van der Waals surface area (Å²) in [6.45, 7) is 3.15. The van der Waals surface area contributed by atoms with Crippen molar-refractivity contribution in [3.05, 3.63) is 28.3 Å². The first kappa shape index (κ1) is 15.0. The zero-order chi connectivity index (χ0) is 15.2. The van der Waals surface area contributed by atoms with E-state index in [0.717, 1.165) is 19.5 Å². The molecule has 1 aromatic carbocycles. The van der Waals surface area contributed by atoms with Crippen LogP contribution in [0.3, 0.4) is 0 Å². The second-order valence-corrected chi connectivity index (χ2v) is 4.63. The topological polar surface area (TPSA) is 85.2 Å². The molecule has 1 fully saturated rings. The van der Waals surface area contributed by atoms with Crippen LogP contribution >= 0.6 is 0 Å². The van der Waals surface area contributed by atoms with Gasteiger partial charge < -0.3 is 14.4 Å². The van der Waals surface area contributed by atoms with E-state index in [4.69, 9.17) is 9.47 Å². The molecule has 0 radical (unpaired) electrons. The predicted molar refractivity (Wildman–Crippen MR) is 74.4 cm³/mol. The van der Waals surface area contributed by atoms with Crippen molar-refractivity contribution in [2.75, 3.05) is 40.0 Å². The average molecular weight is 295 g/mol. The Hall–Kier alpha value is -2.35. The van der Waals surface area contributed by atoms with Gasteiger partial charge in [-0.1, -0.05) is 0 Å². The van der Waals surface area contributed by atoms with Gasteiger partial charge in [0.05, 0.1) is 18.1 Å². The number of amides is 1. The minimum atomic E-state index is -0.481. The number of carbonyl (C=O) groups is 1. The van der Waals surface area contributed by atoms with Crippen molar-refractivity contribution in [3.63, 3.8) is 0 Å². The molecule has 21 heavy (non-hydrogen) atoms. The molecule has 1 heterocycles. The number of hydrogen-bond donors (Lipinski definition) is 0. The largest absolute Gasteiger partial charge is 0.493 e. The lowest BCUT2D eigenvalue weighted by Crippen LogP contribution is -2.46. The third kappa shape index (κ3) is 3.82. The molecule has 0 aromatic heterocycles. The van der Waals surface area contributed by atoms with E-state index in [0.29, 0.717) is 31.3 Å². The maximum atomic E-state index is 10.7. The molecule has 8 nitrogen and oxygen atoms in total. The number of non-ortho nitro benzene ring substituents is 1. The van der Waals surface area contributed by atoms with Crippen LogP contribution in [0.4, 0.5) is 5.69 Å². The maximum Gasteiger partial charge on any atom is 0.273 e. The molecule has 1 aliphatic rings. The van der Waals surface area contributed by atoms with Crippen molar-refractivity contribution in [2.45, 2.75) is 0 Å². The Balaban J connectivity index is 1.94. The van der Waals surface area contributed by atoms with Crippen molar-refractivity contribution in [1.29, 1.82) is 0 Å². The molecular weight excluding hydrogens is 278 g/mol. The molecule has 114 valence electrons. The second kappa shape index (κ2) is 6.89. The normalized spacial score (nSPS) is 15.6. The van der Waals surface area contributed by atoms with Crippen LogP contribution in [0, 0.1) is 10.1 Å². The van der Waals surface area contributed by atoms with Crippen LogP contribution in [0.1, 0.15) is 0 Å². The molecule has 2 rings (SSSR count). The Labute approximate surface area is 122 Å². The van der Waals surface area contributed by atoms with E-state index in [1.165, 1.54) is 25.3 Å². The van der Waals surface area contributed by atoms with Gasteiger partial charge in [-0.15, -0.1) is 0 Å². The average Bonchev–Trinajstić information content (AvgIpc) is 2.53. The van der Waals surface area contributed by atoms with Gasteiger partial charge in [-0.2, -0.15) is 0 Å². The van der Waals surface area contributed by atoms with Crippen LogP contribution in [0.25, 0.3) is 0 Å². The van der Waals surface area contributed by atoms with E-state index in [9.17, 15) is 14.9 Å². The highest BCUT2D eigenvalue weighted by Gasteiger charge is 2.17. The Morgan fingerprint density at radius 2 is 2.00 bits per heavy atom. The number of nitro groups is 1. The maximum absolute atomic E-state index is 10.7. The van der Waals surface area contributed by atoms with Gasteiger partial charge in [0.15, 0.2) is 11.5 Å². The Bertz CT molecular complexity index is 515. The van der Waals surface area contributed by atoms with Crippen LogP contribution in [0.2, 0.25) is 0 Å². The van der Waals surface area contributed by atoms with Gasteiger partial charge in [0.25, 0.3) is 5.69 Å². The molecule has 0 bridgehead atoms. The molecule has 0 unspecified atom stereocenters. The van der Waals surface area contributed by atoms with Gasteiger partial charge in [-0.3, -0.25) is 19.8 Å². The third-order valence-corrected chi connectivity index (χ3v) is 3.32. The number of piperazine rings is 1. The van der Waals surface area contributed by atoms with Gasteiger partial charge in [0.1, 0.15) is 6.73 Å². The molecule has 0 saturated carbocycles. The molecule has 1 amide bonds. The molecule has 0 aliphatic carbocycles. The SMILES string of the molecule is COc1cc([N+](=O)[O-])ccc1OCN1CCN(C=O)CC1. The lowest BCUT2D eigenvalue weighted by molar-refractivity contribution is -0.385. The molecule has 0 atom stereocenters. The van der Waals surface area contributed by atoms with Crippen molar-refractivity contribution >= 4 is 12.1 Å². The summed E-state index contributed by atoms with van der Waals surface area (Å²) in [6, 6.07) is 4.24. The summed E-state index contributed by atoms with van der Waals surface area (Å²) in [4.78, 5) is 24.6. The number of hydrogen-bond acceptors (Lipinski definition) is 6. The van der Waals surface area contributed by atoms with Crippen LogP contribution in [0.15, 0.2) is 18.2 Å². The Morgan fingerprint density at radius 1 is 1.29 bits per heavy atom. The molecule has 1 aromatic rings. The summed E-state index contributed by atoms with van der Waals surface area (Å²) >= 11 is 0. The smallest absolute Gasteiger partial charge is 0.273 e. The van der Waals surface area contributed by atoms with Crippen molar-refractivity contribution < 1.29 is 19.2 Å². The zero-order valence-corrected chi connectivity index (χ0v) is 11.7. The van der Waals surface area contributed by atoms with Crippen molar-refractivity contribution in [2.24, 2.45) is 0 Å². The van der Waals surface area contributed by atoms with Crippen LogP contribution in [-0.2, 0) is 4.79 Å². The van der Waals surface area contributed by atoms with Gasteiger partial charge in [0.2, 0.25) is 6.41 Å². The van der Waals surface area contributed by atoms with E-state index >= 15 is 0 Å². The lowest BCUT2D eigenvalue weighted by atomic mass is 10.3. The predicted octanol–water partition coefficient (Wildman–Crippen LogP) is 0.714. The quantitative estimate of drug-likeness (QED) is 0.436. The molecule has 8 heteroatoms. The summed E-state index contributed by atoms with van der Waals surface area (Å²) in [5, 5.41) is 10.7. The van der Waals surface area contributed by atoms with E-state index in [1.54, 1.807) is 4.90 Å². The minimum Gasteiger partial charge on any atom is -0.493 e. The minimum absolute atomic E-state index is 0.0428. The van der Waals surface area contributed by atoms with Gasteiger partial charge in [0, 0.05) is 32.2 Å². The van der Waals surface area contributed by atoms with Crippen molar-refractivity contribution in [3.8, 4) is 11.5 Å². The fourth-order valence-corrected chi connectivity index (χ4v) is 2.05. The van der Waals surface area contributed by atoms with Gasteiger partial charge in [-0.05, 0) is 6.07 Å². The summed E-state index contributed by atoms with van der Waals surface area (Å²) in [5.74, 6) is 0.789. The molecule has 0 spiro atoms. The van der Waals surface area contributed by atoms with Crippen molar-refractivity contribution in [1.82, 2.24) is 9.80 Å². The fraction of sp³-hybridized carbons (Fsp3) is 0.462. The number of ether oxygens (including phenoxy) is 2. The highest BCUT2D eigenvalue weighted by atomic mass is 16.6. The summed E-state index contributed by atoms with van der Waals surface area (Å²) in [6.07, 6.45) is 0.845. The summed E-state index contributed by atoms with van der Waals surface area (Å²) < 4.78 is 10.8. The zero-order valence-electron chi connectivity index (χ0n) is 11.7. The highest BCUT2D eigenvalue weighted by Crippen LogP contribution is 2.31. The fourth-order valence-electron chi connectivity index (χ4n) is 2.05. The number of benzene rings is 1. The summed E-state index contributed by atoms with van der Waals surface area (Å²) in [5.41, 5.74) is -0.0428. The Kier molecular flexibility index (Phi) is 4.94. The first-order valence-corrected chi connectivity index (χ1v) is 6.51. The van der Waals surface area contributed by atoms with Crippen LogP contribution < -0.4 is 9.47 Å². The molecule has 1 saturated heterocycles. The third-order valence-electron chi connectivity index (χ3n) is 3.32. The van der Waals surface area contributed by atoms with Gasteiger partial charge >= 0.3 is 0 Å². The lowest BCUT2D eigenvalue weighted by Gasteiger charge is -2.32.